The van der Waals surface area contributed by atoms with Crippen molar-refractivity contribution in [3.63, 3.8) is 0 Å². The Morgan fingerprint density at radius 1 is 1.28 bits per heavy atom. The van der Waals surface area contributed by atoms with Gasteiger partial charge in [-0.05, 0) is 25.8 Å². The number of rotatable bonds is 3. The first-order valence-corrected chi connectivity index (χ1v) is 8.78. The largest absolute Gasteiger partial charge is 0.451 e. The van der Waals surface area contributed by atoms with Gasteiger partial charge in [-0.1, -0.05) is 6.07 Å². The molecule has 9 nitrogen and oxygen atoms in total. The summed E-state index contributed by atoms with van der Waals surface area (Å²) >= 11 is 0. The van der Waals surface area contributed by atoms with Gasteiger partial charge in [0.05, 0.1) is 11.0 Å². The molecule has 1 fully saturated rings. The van der Waals surface area contributed by atoms with Gasteiger partial charge in [0.25, 0.3) is 11.6 Å². The van der Waals surface area contributed by atoms with Gasteiger partial charge in [0, 0.05) is 37.3 Å². The number of piperidine rings is 1. The average Bonchev–Trinajstić information content (AvgIpc) is 2.96. The van der Waals surface area contributed by atoms with Crippen LogP contribution in [0.1, 0.15) is 40.6 Å². The molecular formula is C17H18F3N5O4. The number of benzene rings is 1. The molecule has 0 atom stereocenters. The molecular weight excluding hydrogens is 395 g/mol. The summed E-state index contributed by atoms with van der Waals surface area (Å²) in [5, 5.41) is 14.5. The molecule has 29 heavy (non-hydrogen) atoms. The number of nitrogens with zero attached hydrogens (tertiary/aromatic N) is 5. The lowest BCUT2D eigenvalue weighted by Gasteiger charge is -2.32. The van der Waals surface area contributed by atoms with Crippen molar-refractivity contribution in [2.75, 3.05) is 13.1 Å². The second-order valence-corrected chi connectivity index (χ2v) is 6.84. The molecule has 1 saturated heterocycles. The second-order valence-electron chi connectivity index (χ2n) is 6.84. The number of carbonyl (C=O) groups is 1. The summed E-state index contributed by atoms with van der Waals surface area (Å²) in [6.07, 6.45) is -4.25. The Morgan fingerprint density at radius 2 is 1.90 bits per heavy atom. The van der Waals surface area contributed by atoms with Gasteiger partial charge in [-0.2, -0.15) is 13.2 Å². The van der Waals surface area contributed by atoms with Crippen LogP contribution in [0.25, 0.3) is 0 Å². The first-order valence-electron chi connectivity index (χ1n) is 8.78. The molecule has 0 unspecified atom stereocenters. The quantitative estimate of drug-likeness (QED) is 0.567. The van der Waals surface area contributed by atoms with E-state index in [2.05, 4.69) is 5.10 Å². The fraction of sp³-hybridized carbons (Fsp3) is 0.471. The Kier molecular flexibility index (Phi) is 5.20. The zero-order chi connectivity index (χ0) is 21.5. The van der Waals surface area contributed by atoms with E-state index in [9.17, 15) is 32.9 Å². The summed E-state index contributed by atoms with van der Waals surface area (Å²) in [5.41, 5.74) is -0.575. The van der Waals surface area contributed by atoms with Crippen LogP contribution in [0.2, 0.25) is 0 Å². The normalized spacial score (nSPS) is 15.6. The van der Waals surface area contributed by atoms with Crippen molar-refractivity contribution in [2.45, 2.75) is 32.0 Å². The molecule has 0 bridgehead atoms. The molecule has 0 N–H and O–H groups in total. The maximum Gasteiger partial charge on any atom is 0.451 e. The van der Waals surface area contributed by atoms with E-state index in [-0.39, 0.29) is 42.7 Å². The van der Waals surface area contributed by atoms with Crippen molar-refractivity contribution in [2.24, 2.45) is 7.05 Å². The Morgan fingerprint density at radius 3 is 2.41 bits per heavy atom. The van der Waals surface area contributed by atoms with Crippen molar-refractivity contribution in [3.8, 4) is 0 Å². The van der Waals surface area contributed by atoms with Gasteiger partial charge in [0.15, 0.2) is 0 Å². The summed E-state index contributed by atoms with van der Waals surface area (Å²) in [6, 6.07) is 3.66. The van der Waals surface area contributed by atoms with E-state index in [1.165, 1.54) is 30.0 Å². The third-order valence-corrected chi connectivity index (χ3v) is 5.09. The fourth-order valence-corrected chi connectivity index (χ4v) is 3.48. The lowest BCUT2D eigenvalue weighted by Crippen LogP contribution is -2.41. The minimum Gasteiger partial charge on any atom is -0.338 e. The Labute approximate surface area is 162 Å². The van der Waals surface area contributed by atoms with Gasteiger partial charge in [0.1, 0.15) is 0 Å². The summed E-state index contributed by atoms with van der Waals surface area (Å²) < 4.78 is 40.2. The van der Waals surface area contributed by atoms with Crippen LogP contribution in [0.15, 0.2) is 23.0 Å². The highest BCUT2D eigenvalue weighted by atomic mass is 19.4. The van der Waals surface area contributed by atoms with Crippen molar-refractivity contribution in [1.29, 1.82) is 0 Å². The van der Waals surface area contributed by atoms with Gasteiger partial charge < -0.3 is 4.90 Å². The molecule has 2 aromatic rings. The number of halogens is 3. The van der Waals surface area contributed by atoms with Crippen LogP contribution in [-0.2, 0) is 13.2 Å². The highest BCUT2D eigenvalue weighted by Gasteiger charge is 2.39. The van der Waals surface area contributed by atoms with Crippen LogP contribution in [-0.4, -0.2) is 43.2 Å². The van der Waals surface area contributed by atoms with E-state index in [1.54, 1.807) is 0 Å². The summed E-state index contributed by atoms with van der Waals surface area (Å²) in [5.74, 6) is -1.66. The van der Waals surface area contributed by atoms with Gasteiger partial charge >= 0.3 is 11.9 Å². The molecule has 0 radical (unpaired) electrons. The molecule has 0 spiro atoms. The number of amides is 1. The van der Waals surface area contributed by atoms with Crippen molar-refractivity contribution in [3.05, 3.63) is 55.7 Å². The minimum absolute atomic E-state index is 0.162. The maximum absolute atomic E-state index is 13.0. The minimum atomic E-state index is -4.74. The van der Waals surface area contributed by atoms with Crippen LogP contribution in [0.4, 0.5) is 18.9 Å². The Hall–Kier alpha value is -3.18. The molecule has 1 aromatic carbocycles. The number of hydrogen-bond acceptors (Lipinski definition) is 5. The summed E-state index contributed by atoms with van der Waals surface area (Å²) in [7, 11) is 1.01. The summed E-state index contributed by atoms with van der Waals surface area (Å²) in [6.45, 7) is 1.87. The lowest BCUT2D eigenvalue weighted by molar-refractivity contribution is -0.385. The average molecular weight is 413 g/mol. The predicted molar refractivity (Wildman–Crippen MR) is 94.5 cm³/mol. The Bertz CT molecular complexity index is 1020. The molecule has 0 aliphatic carbocycles. The topological polar surface area (TPSA) is 103 Å². The zero-order valence-electron chi connectivity index (χ0n) is 15.6. The fourth-order valence-electron chi connectivity index (χ4n) is 3.48. The van der Waals surface area contributed by atoms with Crippen LogP contribution >= 0.6 is 0 Å². The number of nitro benzene ring substituents is 1. The van der Waals surface area contributed by atoms with Gasteiger partial charge in [-0.25, -0.2) is 9.48 Å². The van der Waals surface area contributed by atoms with Crippen LogP contribution < -0.4 is 5.69 Å². The molecule has 1 aliphatic rings. The van der Waals surface area contributed by atoms with Crippen LogP contribution in [0, 0.1) is 17.0 Å². The van der Waals surface area contributed by atoms with Crippen LogP contribution in [0.3, 0.4) is 0 Å². The number of likely N-dealkylation sites (tertiary alicyclic amines) is 1. The number of nitro groups is 1. The third-order valence-electron chi connectivity index (χ3n) is 5.09. The standard InChI is InChI=1S/C17H18F3N5O4/c1-10-12(4-3-5-13(10)25(28)29)14(26)23-8-6-11(7-9-23)24-16(27)22(2)15(21-24)17(18,19)20/h3-5,11H,6-9H2,1-2H3. The van der Waals surface area contributed by atoms with Crippen molar-refractivity contribution < 1.29 is 22.9 Å². The van der Waals surface area contributed by atoms with Crippen molar-refractivity contribution >= 4 is 11.6 Å². The first-order chi connectivity index (χ1) is 13.5. The number of aromatic nitrogens is 3. The van der Waals surface area contributed by atoms with E-state index in [0.29, 0.717) is 4.57 Å². The molecule has 2 heterocycles. The number of hydrogen-bond donors (Lipinski definition) is 0. The SMILES string of the molecule is Cc1c(C(=O)N2CCC(n3nc(C(F)(F)F)n(C)c3=O)CC2)cccc1[N+](=O)[O-]. The zero-order valence-corrected chi connectivity index (χ0v) is 15.6. The molecule has 156 valence electrons. The predicted octanol–water partition coefficient (Wildman–Crippen LogP) is 2.29. The highest BCUT2D eigenvalue weighted by Crippen LogP contribution is 2.29. The molecule has 3 rings (SSSR count). The van der Waals surface area contributed by atoms with E-state index in [0.717, 1.165) is 11.7 Å². The Balaban J connectivity index is 1.77. The van der Waals surface area contributed by atoms with E-state index >= 15 is 0 Å². The number of carbonyl (C=O) groups excluding carboxylic acids is 1. The molecule has 12 heteroatoms. The third kappa shape index (κ3) is 3.74. The summed E-state index contributed by atoms with van der Waals surface area (Å²) in [4.78, 5) is 36.9. The van der Waals surface area contributed by atoms with Gasteiger partial charge in [-0.15, -0.1) is 5.10 Å². The molecule has 0 saturated carbocycles. The van der Waals surface area contributed by atoms with E-state index in [4.69, 9.17) is 0 Å². The monoisotopic (exact) mass is 413 g/mol. The molecule has 1 amide bonds. The van der Waals surface area contributed by atoms with Crippen molar-refractivity contribution in [1.82, 2.24) is 19.2 Å². The lowest BCUT2D eigenvalue weighted by atomic mass is 10.0. The number of alkyl halides is 3. The van der Waals surface area contributed by atoms with Gasteiger partial charge in [-0.3, -0.25) is 19.5 Å². The highest BCUT2D eigenvalue weighted by molar-refractivity contribution is 5.96. The van der Waals surface area contributed by atoms with E-state index < -0.39 is 34.6 Å². The first kappa shape index (κ1) is 20.6. The van der Waals surface area contributed by atoms with Gasteiger partial charge in [0.2, 0.25) is 5.82 Å². The molecule has 1 aliphatic heterocycles. The second kappa shape index (κ2) is 7.33. The maximum atomic E-state index is 13.0. The van der Waals surface area contributed by atoms with E-state index in [1.807, 2.05) is 0 Å². The smallest absolute Gasteiger partial charge is 0.338 e. The van der Waals surface area contributed by atoms with Crippen LogP contribution in [0.5, 0.6) is 0 Å². The molecule has 1 aromatic heterocycles.